The average Bonchev–Trinajstić information content (AvgIpc) is 1.85. The molecule has 0 aliphatic carbocycles. The average molecular weight is 126 g/mol. The first kappa shape index (κ1) is 8.05. The Morgan fingerprint density at radius 3 is 2.89 bits per heavy atom. The van der Waals surface area contributed by atoms with Gasteiger partial charge < -0.3 is 5.53 Å². The Morgan fingerprint density at radius 2 is 2.44 bits per heavy atom. The molecule has 3 heteroatoms. The Balaban J connectivity index is 3.39. The maximum Gasteiger partial charge on any atom is 0.323 e. The lowest BCUT2D eigenvalue weighted by atomic mass is 10.2. The molecule has 0 aromatic carbocycles. The number of carbonyl (C=O) groups excluding carboxylic acids is 1. The Hall–Kier alpha value is -0.950. The van der Waals surface area contributed by atoms with Crippen molar-refractivity contribution in [3.8, 4) is 0 Å². The van der Waals surface area contributed by atoms with Crippen LogP contribution in [0.25, 0.3) is 5.53 Å². The van der Waals surface area contributed by atoms with Crippen LogP contribution in [0.3, 0.4) is 0 Å². The molecule has 3 nitrogen and oxygen atoms in total. The van der Waals surface area contributed by atoms with Crippen LogP contribution in [0.15, 0.2) is 0 Å². The van der Waals surface area contributed by atoms with Crippen LogP contribution in [0.1, 0.15) is 26.2 Å². The van der Waals surface area contributed by atoms with E-state index in [-0.39, 0.29) is 5.78 Å². The standard InChI is InChI=1S/C6H10N2O/c1-2-3-4-6(9)5-8-7/h5H,2-4H2,1H3. The van der Waals surface area contributed by atoms with E-state index in [1.807, 2.05) is 6.92 Å². The van der Waals surface area contributed by atoms with Gasteiger partial charge in [-0.1, -0.05) is 13.3 Å². The van der Waals surface area contributed by atoms with Crippen LogP contribution in [-0.4, -0.2) is 16.8 Å². The number of hydrogen-bond donors (Lipinski definition) is 0. The molecule has 0 radical (unpaired) electrons. The van der Waals surface area contributed by atoms with Crippen molar-refractivity contribution < 1.29 is 9.58 Å². The quantitative estimate of drug-likeness (QED) is 0.315. The first-order valence-corrected chi connectivity index (χ1v) is 3.01. The highest BCUT2D eigenvalue weighted by Crippen LogP contribution is 1.92. The Morgan fingerprint density at radius 1 is 1.78 bits per heavy atom. The van der Waals surface area contributed by atoms with E-state index in [1.165, 1.54) is 0 Å². The third-order valence-electron chi connectivity index (χ3n) is 0.978. The van der Waals surface area contributed by atoms with E-state index in [9.17, 15) is 4.79 Å². The van der Waals surface area contributed by atoms with Gasteiger partial charge in [0.25, 0.3) is 0 Å². The number of carbonyl (C=O) groups is 1. The van der Waals surface area contributed by atoms with Crippen LogP contribution in [0, 0.1) is 0 Å². The van der Waals surface area contributed by atoms with Crippen LogP contribution >= 0.6 is 0 Å². The summed E-state index contributed by atoms with van der Waals surface area (Å²) in [7, 11) is 0. The topological polar surface area (TPSA) is 53.5 Å². The molecule has 0 atom stereocenters. The molecule has 0 saturated heterocycles. The fraction of sp³-hybridized carbons (Fsp3) is 0.667. The van der Waals surface area contributed by atoms with Gasteiger partial charge in [0.15, 0.2) is 0 Å². The number of rotatable bonds is 4. The van der Waals surface area contributed by atoms with Gasteiger partial charge in [-0.2, -0.15) is 4.79 Å². The molecule has 0 unspecified atom stereocenters. The van der Waals surface area contributed by atoms with Crippen molar-refractivity contribution in [2.24, 2.45) is 0 Å². The van der Waals surface area contributed by atoms with Crippen LogP contribution < -0.4 is 0 Å². The van der Waals surface area contributed by atoms with E-state index in [1.54, 1.807) is 0 Å². The number of ketones is 1. The second kappa shape index (κ2) is 5.19. The summed E-state index contributed by atoms with van der Waals surface area (Å²) in [4.78, 5) is 13.1. The van der Waals surface area contributed by atoms with Gasteiger partial charge >= 0.3 is 6.21 Å². The van der Waals surface area contributed by atoms with Crippen molar-refractivity contribution in [1.82, 2.24) is 0 Å². The van der Waals surface area contributed by atoms with Crippen LogP contribution in [0.5, 0.6) is 0 Å². The third-order valence-corrected chi connectivity index (χ3v) is 0.978. The third kappa shape index (κ3) is 4.91. The van der Waals surface area contributed by atoms with Gasteiger partial charge in [-0.05, 0) is 6.42 Å². The van der Waals surface area contributed by atoms with Gasteiger partial charge in [0, 0.05) is 6.42 Å². The predicted octanol–water partition coefficient (Wildman–Crippen LogP) is 1.05. The lowest BCUT2D eigenvalue weighted by Crippen LogP contribution is -1.98. The summed E-state index contributed by atoms with van der Waals surface area (Å²) in [5.74, 6) is -0.112. The van der Waals surface area contributed by atoms with Gasteiger partial charge in [0.1, 0.15) is 0 Å². The summed E-state index contributed by atoms with van der Waals surface area (Å²) < 4.78 is 0. The van der Waals surface area contributed by atoms with Crippen molar-refractivity contribution >= 4 is 12.0 Å². The molecule has 0 N–H and O–H groups in total. The van der Waals surface area contributed by atoms with Gasteiger partial charge in [-0.3, -0.25) is 4.79 Å². The van der Waals surface area contributed by atoms with Gasteiger partial charge in [0.2, 0.25) is 5.78 Å². The highest BCUT2D eigenvalue weighted by atomic mass is 16.1. The first-order chi connectivity index (χ1) is 4.31. The molecule has 0 spiro atoms. The summed E-state index contributed by atoms with van der Waals surface area (Å²) >= 11 is 0. The van der Waals surface area contributed by atoms with Crippen LogP contribution in [0.2, 0.25) is 0 Å². The monoisotopic (exact) mass is 126 g/mol. The number of Topliss-reactive ketones (excluding diaryl/α,β-unsaturated/α-hetero) is 1. The maximum atomic E-state index is 10.5. The summed E-state index contributed by atoms with van der Waals surface area (Å²) in [5.41, 5.74) is 7.88. The second-order valence-electron chi connectivity index (χ2n) is 1.81. The molecule has 0 bridgehead atoms. The molecule has 0 aromatic heterocycles. The Kier molecular flexibility index (Phi) is 4.64. The minimum atomic E-state index is -0.112. The minimum absolute atomic E-state index is 0.112. The lowest BCUT2D eigenvalue weighted by molar-refractivity contribution is -0.116. The first-order valence-electron chi connectivity index (χ1n) is 3.01. The van der Waals surface area contributed by atoms with Crippen LogP contribution in [-0.2, 0) is 4.79 Å². The molecule has 0 aromatic rings. The number of unbranched alkanes of at least 4 members (excludes halogenated alkanes) is 1. The SMILES string of the molecule is CCCCC(=O)C=[N+]=[N-]. The molecule has 0 amide bonds. The number of hydrogen-bond acceptors (Lipinski definition) is 1. The molecule has 9 heavy (non-hydrogen) atoms. The highest BCUT2D eigenvalue weighted by molar-refractivity contribution is 6.25. The minimum Gasteiger partial charge on any atom is -0.361 e. The van der Waals surface area contributed by atoms with Crippen molar-refractivity contribution in [3.05, 3.63) is 5.53 Å². The van der Waals surface area contributed by atoms with Crippen molar-refractivity contribution in [2.45, 2.75) is 26.2 Å². The smallest absolute Gasteiger partial charge is 0.323 e. The maximum absolute atomic E-state index is 10.5. The highest BCUT2D eigenvalue weighted by Gasteiger charge is 1.98. The molecular formula is C6H10N2O. The van der Waals surface area contributed by atoms with Crippen molar-refractivity contribution in [3.63, 3.8) is 0 Å². The largest absolute Gasteiger partial charge is 0.361 e. The van der Waals surface area contributed by atoms with Gasteiger partial charge in [0.05, 0.1) is 0 Å². The lowest BCUT2D eigenvalue weighted by Gasteiger charge is -1.84. The zero-order valence-corrected chi connectivity index (χ0v) is 5.50. The van der Waals surface area contributed by atoms with Gasteiger partial charge in [-0.25, -0.2) is 0 Å². The predicted molar refractivity (Wildman–Crippen MR) is 34.2 cm³/mol. The molecule has 0 aliphatic rings. The van der Waals surface area contributed by atoms with E-state index in [4.69, 9.17) is 5.53 Å². The Labute approximate surface area is 54.3 Å². The summed E-state index contributed by atoms with van der Waals surface area (Å²) in [6.07, 6.45) is 3.28. The fourth-order valence-corrected chi connectivity index (χ4v) is 0.480. The van der Waals surface area contributed by atoms with Crippen molar-refractivity contribution in [2.75, 3.05) is 0 Å². The van der Waals surface area contributed by atoms with Crippen molar-refractivity contribution in [1.29, 1.82) is 0 Å². The molecule has 0 aliphatic heterocycles. The summed E-state index contributed by atoms with van der Waals surface area (Å²) in [6.45, 7) is 2.00. The van der Waals surface area contributed by atoms with E-state index >= 15 is 0 Å². The van der Waals surface area contributed by atoms with E-state index in [2.05, 4.69) is 4.79 Å². The van der Waals surface area contributed by atoms with E-state index < -0.39 is 0 Å². The number of nitrogens with zero attached hydrogens (tertiary/aromatic N) is 2. The summed E-state index contributed by atoms with van der Waals surface area (Å²) in [5, 5.41) is 0. The normalized spacial score (nSPS) is 8.11. The molecule has 0 heterocycles. The fourth-order valence-electron chi connectivity index (χ4n) is 0.480. The van der Waals surface area contributed by atoms with E-state index in [0.29, 0.717) is 6.42 Å². The Bertz CT molecular complexity index is 136. The molecule has 0 fully saturated rings. The van der Waals surface area contributed by atoms with Gasteiger partial charge in [-0.15, -0.1) is 0 Å². The molecule has 50 valence electrons. The summed E-state index contributed by atoms with van der Waals surface area (Å²) in [6, 6.07) is 0. The molecular weight excluding hydrogens is 116 g/mol. The molecule has 0 rings (SSSR count). The zero-order valence-electron chi connectivity index (χ0n) is 5.50. The molecule has 0 saturated carbocycles. The van der Waals surface area contributed by atoms with E-state index in [0.717, 1.165) is 19.1 Å². The second-order valence-corrected chi connectivity index (χ2v) is 1.81. The van der Waals surface area contributed by atoms with Crippen LogP contribution in [0.4, 0.5) is 0 Å². The zero-order chi connectivity index (χ0) is 7.11.